The Hall–Kier alpha value is -0.660. The molecular weight excluding hydrogens is 152 g/mol. The highest BCUT2D eigenvalue weighted by molar-refractivity contribution is 5.89. The standard InChI is InChI=1S/C10H12O2/c11-5-10-2-6-1-7(3-10)9(12)8(6)4-10/h5-8H,1-4H2. The second kappa shape index (κ2) is 1.81. The number of rotatable bonds is 1. The van der Waals surface area contributed by atoms with E-state index >= 15 is 0 Å². The fourth-order valence-corrected chi connectivity index (χ4v) is 3.70. The highest BCUT2D eigenvalue weighted by atomic mass is 16.1. The minimum atomic E-state index is -0.0633. The van der Waals surface area contributed by atoms with Crippen LogP contribution in [0, 0.1) is 23.2 Å². The van der Waals surface area contributed by atoms with E-state index in [0.717, 1.165) is 32.0 Å². The SMILES string of the molecule is O=CC12CC3CC(C1)C(C2)C3=O. The van der Waals surface area contributed by atoms with Gasteiger partial charge in [-0.1, -0.05) is 0 Å². The number of carbonyl (C=O) groups is 2. The summed E-state index contributed by atoms with van der Waals surface area (Å²) in [4.78, 5) is 22.5. The van der Waals surface area contributed by atoms with Crippen LogP contribution in [0.1, 0.15) is 25.7 Å². The van der Waals surface area contributed by atoms with Gasteiger partial charge in [0.25, 0.3) is 0 Å². The van der Waals surface area contributed by atoms with Gasteiger partial charge in [-0.05, 0) is 31.6 Å². The second-order valence-corrected chi connectivity index (χ2v) is 4.79. The summed E-state index contributed by atoms with van der Waals surface area (Å²) in [6, 6.07) is 0. The Bertz CT molecular complexity index is 267. The minimum absolute atomic E-state index is 0.0633. The molecular formula is C10H12O2. The third-order valence-electron chi connectivity index (χ3n) is 4.12. The second-order valence-electron chi connectivity index (χ2n) is 4.79. The van der Waals surface area contributed by atoms with Crippen LogP contribution in [0.15, 0.2) is 0 Å². The summed E-state index contributed by atoms with van der Waals surface area (Å²) in [7, 11) is 0. The molecule has 4 unspecified atom stereocenters. The van der Waals surface area contributed by atoms with E-state index in [1.165, 1.54) is 0 Å². The average molecular weight is 164 g/mol. The van der Waals surface area contributed by atoms with Gasteiger partial charge < -0.3 is 4.79 Å². The fraction of sp³-hybridized carbons (Fsp3) is 0.800. The Morgan fingerprint density at radius 2 is 2.17 bits per heavy atom. The van der Waals surface area contributed by atoms with Crippen molar-refractivity contribution in [2.24, 2.45) is 23.2 Å². The number of hydrogen-bond acceptors (Lipinski definition) is 2. The van der Waals surface area contributed by atoms with Crippen molar-refractivity contribution in [3.63, 3.8) is 0 Å². The van der Waals surface area contributed by atoms with Gasteiger partial charge in [0, 0.05) is 17.3 Å². The van der Waals surface area contributed by atoms with Crippen LogP contribution in [0.5, 0.6) is 0 Å². The first-order chi connectivity index (χ1) is 5.74. The van der Waals surface area contributed by atoms with Crippen molar-refractivity contribution in [3.8, 4) is 0 Å². The molecule has 4 bridgehead atoms. The summed E-state index contributed by atoms with van der Waals surface area (Å²) >= 11 is 0. The number of hydrogen-bond donors (Lipinski definition) is 0. The van der Waals surface area contributed by atoms with E-state index in [2.05, 4.69) is 0 Å². The largest absolute Gasteiger partial charge is 0.303 e. The van der Waals surface area contributed by atoms with Crippen LogP contribution in [0.4, 0.5) is 0 Å². The first-order valence-corrected chi connectivity index (χ1v) is 4.74. The molecule has 0 radical (unpaired) electrons. The number of ketones is 1. The molecule has 0 amide bonds. The fourth-order valence-electron chi connectivity index (χ4n) is 3.70. The molecule has 2 heteroatoms. The van der Waals surface area contributed by atoms with E-state index in [0.29, 0.717) is 11.7 Å². The van der Waals surface area contributed by atoms with Gasteiger partial charge in [-0.15, -0.1) is 0 Å². The predicted octanol–water partition coefficient (Wildman–Crippen LogP) is 1.19. The maximum atomic E-state index is 11.6. The molecule has 4 saturated carbocycles. The number of carbonyl (C=O) groups excluding carboxylic acids is 2. The summed E-state index contributed by atoms with van der Waals surface area (Å²) in [5.74, 6) is 1.57. The summed E-state index contributed by atoms with van der Waals surface area (Å²) in [6.07, 6.45) is 4.94. The van der Waals surface area contributed by atoms with E-state index in [4.69, 9.17) is 0 Å². The quantitative estimate of drug-likeness (QED) is 0.545. The highest BCUT2D eigenvalue weighted by Crippen LogP contribution is 2.61. The van der Waals surface area contributed by atoms with E-state index in [9.17, 15) is 9.59 Å². The summed E-state index contributed by atoms with van der Waals surface area (Å²) in [6.45, 7) is 0. The monoisotopic (exact) mass is 164 g/mol. The van der Waals surface area contributed by atoms with Crippen molar-refractivity contribution in [2.45, 2.75) is 25.7 Å². The molecule has 4 fully saturated rings. The van der Waals surface area contributed by atoms with Gasteiger partial charge in [0.15, 0.2) is 0 Å². The normalized spacial score (nSPS) is 55.0. The third-order valence-corrected chi connectivity index (χ3v) is 4.12. The topological polar surface area (TPSA) is 34.1 Å². The van der Waals surface area contributed by atoms with Crippen LogP contribution in [0.3, 0.4) is 0 Å². The lowest BCUT2D eigenvalue weighted by Crippen LogP contribution is -2.33. The molecule has 64 valence electrons. The molecule has 0 aromatic carbocycles. The van der Waals surface area contributed by atoms with Crippen LogP contribution in [0.25, 0.3) is 0 Å². The third kappa shape index (κ3) is 0.584. The Morgan fingerprint density at radius 1 is 1.33 bits per heavy atom. The zero-order valence-corrected chi connectivity index (χ0v) is 6.95. The van der Waals surface area contributed by atoms with E-state index in [-0.39, 0.29) is 17.3 Å². The van der Waals surface area contributed by atoms with Crippen LogP contribution in [-0.4, -0.2) is 12.1 Å². The first kappa shape index (κ1) is 6.81. The Kier molecular flexibility index (Phi) is 1.03. The molecule has 0 aromatic heterocycles. The van der Waals surface area contributed by atoms with Crippen LogP contribution in [0.2, 0.25) is 0 Å². The van der Waals surface area contributed by atoms with Gasteiger partial charge in [0.1, 0.15) is 12.1 Å². The van der Waals surface area contributed by atoms with Gasteiger partial charge in [-0.25, -0.2) is 0 Å². The Labute approximate surface area is 71.3 Å². The summed E-state index contributed by atoms with van der Waals surface area (Å²) in [5, 5.41) is 0. The average Bonchev–Trinajstić information content (AvgIpc) is 2.46. The van der Waals surface area contributed by atoms with Crippen molar-refractivity contribution >= 4 is 12.1 Å². The van der Waals surface area contributed by atoms with Crippen molar-refractivity contribution in [1.29, 1.82) is 0 Å². The van der Waals surface area contributed by atoms with E-state index in [1.807, 2.05) is 0 Å². The lowest BCUT2D eigenvalue weighted by Gasteiger charge is -2.32. The lowest BCUT2D eigenvalue weighted by atomic mass is 9.70. The van der Waals surface area contributed by atoms with Crippen molar-refractivity contribution in [3.05, 3.63) is 0 Å². The lowest BCUT2D eigenvalue weighted by molar-refractivity contribution is -0.130. The summed E-state index contributed by atoms with van der Waals surface area (Å²) < 4.78 is 0. The Balaban J connectivity index is 2.04. The van der Waals surface area contributed by atoms with Crippen molar-refractivity contribution in [2.75, 3.05) is 0 Å². The minimum Gasteiger partial charge on any atom is -0.303 e. The zero-order chi connectivity index (χ0) is 8.34. The molecule has 0 aromatic rings. The molecule has 12 heavy (non-hydrogen) atoms. The number of aldehydes is 1. The molecule has 0 spiro atoms. The zero-order valence-electron chi connectivity index (χ0n) is 6.95. The molecule has 0 heterocycles. The van der Waals surface area contributed by atoms with Gasteiger partial charge in [0.2, 0.25) is 0 Å². The molecule has 4 rings (SSSR count). The molecule has 4 atom stereocenters. The Morgan fingerprint density at radius 3 is 2.75 bits per heavy atom. The van der Waals surface area contributed by atoms with Gasteiger partial charge in [-0.3, -0.25) is 4.79 Å². The van der Waals surface area contributed by atoms with Crippen molar-refractivity contribution in [1.82, 2.24) is 0 Å². The van der Waals surface area contributed by atoms with Crippen molar-refractivity contribution < 1.29 is 9.59 Å². The molecule has 4 aliphatic carbocycles. The predicted molar refractivity (Wildman–Crippen MR) is 42.4 cm³/mol. The van der Waals surface area contributed by atoms with Gasteiger partial charge >= 0.3 is 0 Å². The highest BCUT2D eigenvalue weighted by Gasteiger charge is 2.60. The van der Waals surface area contributed by atoms with Gasteiger partial charge in [-0.2, -0.15) is 0 Å². The summed E-state index contributed by atoms with van der Waals surface area (Å²) in [5.41, 5.74) is -0.0633. The van der Waals surface area contributed by atoms with Crippen LogP contribution in [-0.2, 0) is 9.59 Å². The van der Waals surface area contributed by atoms with Crippen LogP contribution < -0.4 is 0 Å². The molecule has 4 aliphatic rings. The molecule has 0 aliphatic heterocycles. The maximum Gasteiger partial charge on any atom is 0.139 e. The van der Waals surface area contributed by atoms with Crippen LogP contribution >= 0.6 is 0 Å². The molecule has 0 N–H and O–H groups in total. The first-order valence-electron chi connectivity index (χ1n) is 4.74. The maximum absolute atomic E-state index is 11.6. The van der Waals surface area contributed by atoms with Gasteiger partial charge in [0.05, 0.1) is 0 Å². The molecule has 0 saturated heterocycles. The van der Waals surface area contributed by atoms with E-state index < -0.39 is 0 Å². The van der Waals surface area contributed by atoms with E-state index in [1.54, 1.807) is 0 Å². The smallest absolute Gasteiger partial charge is 0.139 e. The molecule has 2 nitrogen and oxygen atoms in total. The number of Topliss-reactive ketones (excluding diaryl/α,β-unsaturated/α-hetero) is 1.